The fraction of sp³-hybridized carbons (Fsp3) is 0.467. The van der Waals surface area contributed by atoms with Crippen LogP contribution in [-0.4, -0.2) is 35.5 Å². The third kappa shape index (κ3) is 2.99. The summed E-state index contributed by atoms with van der Waals surface area (Å²) in [5.74, 6) is -0.717. The maximum absolute atomic E-state index is 13.1. The van der Waals surface area contributed by atoms with E-state index in [0.29, 0.717) is 12.2 Å². The Morgan fingerprint density at radius 1 is 1.33 bits per heavy atom. The average Bonchev–Trinajstić information content (AvgIpc) is 3.07. The number of halogens is 1. The molecule has 21 heavy (non-hydrogen) atoms. The maximum Gasteiger partial charge on any atom is 0.318 e. The maximum atomic E-state index is 13.1. The highest BCUT2D eigenvalue weighted by molar-refractivity contribution is 5.98. The van der Waals surface area contributed by atoms with Gasteiger partial charge in [-0.05, 0) is 31.0 Å². The van der Waals surface area contributed by atoms with Crippen LogP contribution in [-0.2, 0) is 4.79 Å². The molecule has 1 aromatic rings. The van der Waals surface area contributed by atoms with Gasteiger partial charge in [-0.1, -0.05) is 18.9 Å². The van der Waals surface area contributed by atoms with Crippen LogP contribution in [0.15, 0.2) is 24.3 Å². The van der Waals surface area contributed by atoms with Gasteiger partial charge in [-0.3, -0.25) is 4.79 Å². The molecule has 1 atom stereocenters. The van der Waals surface area contributed by atoms with Gasteiger partial charge in [0.05, 0.1) is 6.54 Å². The first-order chi connectivity index (χ1) is 10.1. The van der Waals surface area contributed by atoms with Crippen molar-refractivity contribution in [3.63, 3.8) is 0 Å². The van der Waals surface area contributed by atoms with Crippen molar-refractivity contribution in [2.24, 2.45) is 0 Å². The zero-order valence-corrected chi connectivity index (χ0v) is 11.6. The number of benzene rings is 1. The van der Waals surface area contributed by atoms with E-state index < -0.39 is 11.9 Å². The first-order valence-electron chi connectivity index (χ1n) is 7.27. The van der Waals surface area contributed by atoms with Crippen molar-refractivity contribution in [3.05, 3.63) is 30.1 Å². The molecule has 1 saturated carbocycles. The molecule has 3 amide bonds. The molecular weight excluding hydrogens is 273 g/mol. The summed E-state index contributed by atoms with van der Waals surface area (Å²) in [7, 11) is 0. The number of nitrogens with one attached hydrogen (secondary N) is 2. The minimum absolute atomic E-state index is 0.179. The number of amides is 3. The number of anilines is 1. The van der Waals surface area contributed by atoms with Crippen LogP contribution in [0.5, 0.6) is 0 Å². The number of carbonyl (C=O) groups is 2. The van der Waals surface area contributed by atoms with E-state index in [1.54, 1.807) is 11.0 Å². The highest BCUT2D eigenvalue weighted by atomic mass is 19.1. The molecule has 2 aliphatic rings. The average molecular weight is 291 g/mol. The fourth-order valence-electron chi connectivity index (χ4n) is 3.03. The summed E-state index contributed by atoms with van der Waals surface area (Å²) in [6, 6.07) is 5.20. The molecular formula is C15H18FN3O2. The van der Waals surface area contributed by atoms with Gasteiger partial charge >= 0.3 is 6.03 Å². The van der Waals surface area contributed by atoms with Crippen molar-refractivity contribution in [1.29, 1.82) is 0 Å². The summed E-state index contributed by atoms with van der Waals surface area (Å²) in [6.07, 6.45) is 4.28. The van der Waals surface area contributed by atoms with Crippen molar-refractivity contribution in [3.8, 4) is 0 Å². The summed E-state index contributed by atoms with van der Waals surface area (Å²) in [6.45, 7) is 0.380. The molecule has 1 unspecified atom stereocenters. The predicted octanol–water partition coefficient (Wildman–Crippen LogP) is 2.10. The zero-order chi connectivity index (χ0) is 14.8. The molecule has 1 aliphatic heterocycles. The Morgan fingerprint density at radius 2 is 2.10 bits per heavy atom. The molecule has 2 fully saturated rings. The third-order valence-electron chi connectivity index (χ3n) is 4.11. The van der Waals surface area contributed by atoms with Gasteiger partial charge in [0.2, 0.25) is 5.91 Å². The van der Waals surface area contributed by atoms with Crippen LogP contribution in [0.25, 0.3) is 0 Å². The predicted molar refractivity (Wildman–Crippen MR) is 76.3 cm³/mol. The minimum atomic E-state index is -0.582. The van der Waals surface area contributed by atoms with E-state index in [4.69, 9.17) is 0 Å². The molecule has 1 saturated heterocycles. The van der Waals surface area contributed by atoms with Crippen LogP contribution in [0.2, 0.25) is 0 Å². The molecule has 3 rings (SSSR count). The Bertz CT molecular complexity index is 558. The van der Waals surface area contributed by atoms with Crippen molar-refractivity contribution in [2.45, 2.75) is 37.8 Å². The number of carbonyl (C=O) groups excluding carboxylic acids is 2. The highest BCUT2D eigenvalue weighted by Crippen LogP contribution is 2.25. The number of urea groups is 1. The smallest absolute Gasteiger partial charge is 0.318 e. The zero-order valence-electron chi connectivity index (χ0n) is 11.6. The van der Waals surface area contributed by atoms with Crippen molar-refractivity contribution >= 4 is 17.6 Å². The summed E-state index contributed by atoms with van der Waals surface area (Å²) < 4.78 is 13.1. The lowest BCUT2D eigenvalue weighted by atomic mass is 10.2. The van der Waals surface area contributed by atoms with Gasteiger partial charge in [-0.25, -0.2) is 9.18 Å². The largest absolute Gasteiger partial charge is 0.324 e. The molecule has 0 spiro atoms. The van der Waals surface area contributed by atoms with Gasteiger partial charge in [-0.2, -0.15) is 0 Å². The Balaban J connectivity index is 1.62. The number of nitrogens with zero attached hydrogens (tertiary/aromatic N) is 1. The molecule has 1 heterocycles. The van der Waals surface area contributed by atoms with Gasteiger partial charge in [0, 0.05) is 11.7 Å². The number of hydrogen-bond donors (Lipinski definition) is 2. The molecule has 5 nitrogen and oxygen atoms in total. The van der Waals surface area contributed by atoms with Gasteiger partial charge in [-0.15, -0.1) is 0 Å². The monoisotopic (exact) mass is 291 g/mol. The SMILES string of the molecule is O=C(Nc1cccc(F)c1)C1CN(C2CCCC2)C(=O)N1. The Hall–Kier alpha value is -2.11. The van der Waals surface area contributed by atoms with Crippen LogP contribution in [0, 0.1) is 5.82 Å². The molecule has 6 heteroatoms. The van der Waals surface area contributed by atoms with Crippen LogP contribution in [0.3, 0.4) is 0 Å². The second-order valence-corrected chi connectivity index (χ2v) is 5.59. The van der Waals surface area contributed by atoms with Crippen molar-refractivity contribution in [1.82, 2.24) is 10.2 Å². The normalized spacial score (nSPS) is 22.4. The lowest BCUT2D eigenvalue weighted by Crippen LogP contribution is -2.38. The van der Waals surface area contributed by atoms with Gasteiger partial charge < -0.3 is 15.5 Å². The van der Waals surface area contributed by atoms with E-state index in [9.17, 15) is 14.0 Å². The van der Waals surface area contributed by atoms with Crippen molar-refractivity contribution in [2.75, 3.05) is 11.9 Å². The first-order valence-corrected chi connectivity index (χ1v) is 7.27. The van der Waals surface area contributed by atoms with E-state index in [1.807, 2.05) is 0 Å². The summed E-state index contributed by atoms with van der Waals surface area (Å²) >= 11 is 0. The summed E-state index contributed by atoms with van der Waals surface area (Å²) in [5.41, 5.74) is 0.397. The van der Waals surface area contributed by atoms with E-state index in [2.05, 4.69) is 10.6 Å². The Morgan fingerprint density at radius 3 is 2.81 bits per heavy atom. The van der Waals surface area contributed by atoms with Crippen LogP contribution >= 0.6 is 0 Å². The quantitative estimate of drug-likeness (QED) is 0.896. The first kappa shape index (κ1) is 13.9. The topological polar surface area (TPSA) is 61.4 Å². The van der Waals surface area contributed by atoms with Crippen molar-refractivity contribution < 1.29 is 14.0 Å². The number of hydrogen-bond acceptors (Lipinski definition) is 2. The van der Waals surface area contributed by atoms with Gasteiger partial charge in [0.1, 0.15) is 11.9 Å². The Labute approximate surface area is 122 Å². The van der Waals surface area contributed by atoms with Crippen LogP contribution in [0.1, 0.15) is 25.7 Å². The van der Waals surface area contributed by atoms with E-state index >= 15 is 0 Å². The van der Waals surface area contributed by atoms with E-state index in [1.165, 1.54) is 18.2 Å². The molecule has 112 valence electrons. The molecule has 0 bridgehead atoms. The number of rotatable bonds is 3. The summed E-state index contributed by atoms with van der Waals surface area (Å²) in [5, 5.41) is 5.33. The third-order valence-corrected chi connectivity index (χ3v) is 4.11. The van der Waals surface area contributed by atoms with E-state index in [-0.39, 0.29) is 18.0 Å². The lowest BCUT2D eigenvalue weighted by molar-refractivity contribution is -0.117. The molecule has 2 N–H and O–H groups in total. The van der Waals surface area contributed by atoms with Crippen LogP contribution in [0.4, 0.5) is 14.9 Å². The van der Waals surface area contributed by atoms with Crippen LogP contribution < -0.4 is 10.6 Å². The molecule has 0 aromatic heterocycles. The molecule has 0 radical (unpaired) electrons. The minimum Gasteiger partial charge on any atom is -0.324 e. The molecule has 1 aromatic carbocycles. The standard InChI is InChI=1S/C15H18FN3O2/c16-10-4-3-5-11(8-10)17-14(20)13-9-19(15(21)18-13)12-6-1-2-7-12/h3-5,8,12-13H,1-2,6-7,9H2,(H,17,20)(H,18,21). The summed E-state index contributed by atoms with van der Waals surface area (Å²) in [4.78, 5) is 25.9. The lowest BCUT2D eigenvalue weighted by Gasteiger charge is -2.22. The fourth-order valence-corrected chi connectivity index (χ4v) is 3.03. The van der Waals surface area contributed by atoms with E-state index in [0.717, 1.165) is 25.7 Å². The van der Waals surface area contributed by atoms with Gasteiger partial charge in [0.15, 0.2) is 0 Å². The second-order valence-electron chi connectivity index (χ2n) is 5.59. The Kier molecular flexibility index (Phi) is 3.77. The highest BCUT2D eigenvalue weighted by Gasteiger charge is 2.38. The van der Waals surface area contributed by atoms with Gasteiger partial charge in [0.25, 0.3) is 0 Å². The molecule has 1 aliphatic carbocycles. The second kappa shape index (κ2) is 5.71.